The number of amides is 2. The lowest BCUT2D eigenvalue weighted by Gasteiger charge is -2.36. The van der Waals surface area contributed by atoms with Crippen LogP contribution >= 0.6 is 11.6 Å². The minimum atomic E-state index is 0.0889. The molecule has 23 heavy (non-hydrogen) atoms. The molecular weight excluding hydrogens is 318 g/mol. The van der Waals surface area contributed by atoms with E-state index in [2.05, 4.69) is 10.2 Å². The zero-order valence-electron chi connectivity index (χ0n) is 12.9. The van der Waals surface area contributed by atoms with Gasteiger partial charge in [0.15, 0.2) is 11.5 Å². The van der Waals surface area contributed by atoms with E-state index >= 15 is 0 Å². The lowest BCUT2D eigenvalue weighted by Crippen LogP contribution is -2.45. The molecular formula is C16H20ClN3O3. The molecule has 0 radical (unpaired) electrons. The number of piperidine rings is 1. The van der Waals surface area contributed by atoms with Crippen LogP contribution in [0.5, 0.6) is 11.5 Å². The standard InChI is InChI=1S/C16H20ClN3O3/c17-13-7-11(8-14-15(13)23-10-22-14)9-19-4-1-12(2-5-19)20-6-3-18-16(20)21/h7-8,12H,1-6,9-10H2,(H,18,21). The molecule has 3 aliphatic heterocycles. The number of rotatable bonds is 3. The number of nitrogens with zero attached hydrogens (tertiary/aromatic N) is 2. The van der Waals surface area contributed by atoms with Crippen molar-refractivity contribution in [2.24, 2.45) is 0 Å². The van der Waals surface area contributed by atoms with Gasteiger partial charge in [-0.15, -0.1) is 0 Å². The van der Waals surface area contributed by atoms with E-state index in [1.807, 2.05) is 17.0 Å². The fourth-order valence-corrected chi connectivity index (χ4v) is 3.88. The summed E-state index contributed by atoms with van der Waals surface area (Å²) in [7, 11) is 0. The average Bonchev–Trinajstić information content (AvgIpc) is 3.17. The zero-order chi connectivity index (χ0) is 15.8. The molecule has 2 saturated heterocycles. The van der Waals surface area contributed by atoms with E-state index in [4.69, 9.17) is 21.1 Å². The summed E-state index contributed by atoms with van der Waals surface area (Å²) < 4.78 is 10.8. The maximum atomic E-state index is 11.8. The number of halogens is 1. The average molecular weight is 338 g/mol. The molecule has 0 bridgehead atoms. The lowest BCUT2D eigenvalue weighted by molar-refractivity contribution is 0.132. The van der Waals surface area contributed by atoms with Gasteiger partial charge in [0.2, 0.25) is 6.79 Å². The van der Waals surface area contributed by atoms with Crippen LogP contribution in [-0.2, 0) is 6.54 Å². The van der Waals surface area contributed by atoms with Gasteiger partial charge in [-0.25, -0.2) is 4.79 Å². The van der Waals surface area contributed by atoms with E-state index in [1.54, 1.807) is 0 Å². The molecule has 6 nitrogen and oxygen atoms in total. The van der Waals surface area contributed by atoms with Crippen molar-refractivity contribution in [3.63, 3.8) is 0 Å². The number of hydrogen-bond acceptors (Lipinski definition) is 4. The van der Waals surface area contributed by atoms with Crippen molar-refractivity contribution in [2.75, 3.05) is 33.0 Å². The molecule has 2 amide bonds. The summed E-state index contributed by atoms with van der Waals surface area (Å²) in [4.78, 5) is 16.1. The molecule has 1 aromatic rings. The topological polar surface area (TPSA) is 54.0 Å². The van der Waals surface area contributed by atoms with Crippen LogP contribution in [0.25, 0.3) is 0 Å². The van der Waals surface area contributed by atoms with Crippen LogP contribution in [0.1, 0.15) is 18.4 Å². The van der Waals surface area contributed by atoms with E-state index in [9.17, 15) is 4.79 Å². The third-order valence-electron chi connectivity index (χ3n) is 4.78. The van der Waals surface area contributed by atoms with Crippen LogP contribution in [0.4, 0.5) is 4.79 Å². The Morgan fingerprint density at radius 1 is 1.22 bits per heavy atom. The largest absolute Gasteiger partial charge is 0.454 e. The van der Waals surface area contributed by atoms with Crippen LogP contribution in [0.15, 0.2) is 12.1 Å². The Kier molecular flexibility index (Phi) is 3.95. The Morgan fingerprint density at radius 3 is 2.78 bits per heavy atom. The summed E-state index contributed by atoms with van der Waals surface area (Å²) in [5.74, 6) is 1.38. The third kappa shape index (κ3) is 2.93. The number of fused-ring (bicyclic) bond motifs is 1. The van der Waals surface area contributed by atoms with Crippen LogP contribution in [0.3, 0.4) is 0 Å². The number of nitrogens with one attached hydrogen (secondary N) is 1. The first kappa shape index (κ1) is 14.9. The summed E-state index contributed by atoms with van der Waals surface area (Å²) in [5.41, 5.74) is 1.14. The predicted molar refractivity (Wildman–Crippen MR) is 86.0 cm³/mol. The number of benzene rings is 1. The molecule has 3 aliphatic rings. The molecule has 3 heterocycles. The van der Waals surface area contributed by atoms with Gasteiger partial charge in [0.1, 0.15) is 0 Å². The molecule has 7 heteroatoms. The highest BCUT2D eigenvalue weighted by Gasteiger charge is 2.30. The van der Waals surface area contributed by atoms with Crippen molar-refractivity contribution in [3.8, 4) is 11.5 Å². The van der Waals surface area contributed by atoms with Crippen LogP contribution in [0.2, 0.25) is 5.02 Å². The van der Waals surface area contributed by atoms with Crippen LogP contribution in [0, 0.1) is 0 Å². The molecule has 1 N–H and O–H groups in total. The minimum absolute atomic E-state index is 0.0889. The van der Waals surface area contributed by atoms with Crippen LogP contribution in [-0.4, -0.2) is 54.8 Å². The summed E-state index contributed by atoms with van der Waals surface area (Å²) in [6.07, 6.45) is 2.04. The van der Waals surface area contributed by atoms with Crippen molar-refractivity contribution in [2.45, 2.75) is 25.4 Å². The quantitative estimate of drug-likeness (QED) is 0.917. The number of hydrogen-bond donors (Lipinski definition) is 1. The van der Waals surface area contributed by atoms with Gasteiger partial charge in [0.05, 0.1) is 5.02 Å². The highest BCUT2D eigenvalue weighted by molar-refractivity contribution is 6.32. The van der Waals surface area contributed by atoms with Crippen molar-refractivity contribution in [1.29, 1.82) is 0 Å². The van der Waals surface area contributed by atoms with Crippen molar-refractivity contribution < 1.29 is 14.3 Å². The Morgan fingerprint density at radius 2 is 2.04 bits per heavy atom. The third-order valence-corrected chi connectivity index (χ3v) is 5.06. The highest BCUT2D eigenvalue weighted by Crippen LogP contribution is 2.40. The SMILES string of the molecule is O=C1NCCN1C1CCN(Cc2cc(Cl)c3c(c2)OCO3)CC1. The van der Waals surface area contributed by atoms with E-state index in [1.165, 1.54) is 0 Å². The highest BCUT2D eigenvalue weighted by atomic mass is 35.5. The molecule has 2 fully saturated rings. The monoisotopic (exact) mass is 337 g/mol. The lowest BCUT2D eigenvalue weighted by atomic mass is 10.0. The van der Waals surface area contributed by atoms with E-state index in [-0.39, 0.29) is 12.8 Å². The summed E-state index contributed by atoms with van der Waals surface area (Å²) in [6.45, 7) is 4.66. The van der Waals surface area contributed by atoms with Crippen LogP contribution < -0.4 is 14.8 Å². The van der Waals surface area contributed by atoms with Gasteiger partial charge in [-0.1, -0.05) is 11.6 Å². The molecule has 0 atom stereocenters. The number of ether oxygens (including phenoxy) is 2. The molecule has 0 spiro atoms. The number of urea groups is 1. The molecule has 0 saturated carbocycles. The molecule has 4 rings (SSSR count). The minimum Gasteiger partial charge on any atom is -0.454 e. The van der Waals surface area contributed by atoms with E-state index in [0.717, 1.165) is 56.9 Å². The van der Waals surface area contributed by atoms with Gasteiger partial charge in [-0.3, -0.25) is 4.90 Å². The normalized spacial score (nSPS) is 21.8. The van der Waals surface area contributed by atoms with Gasteiger partial charge >= 0.3 is 6.03 Å². The Labute approximate surface area is 140 Å². The number of likely N-dealkylation sites (tertiary alicyclic amines) is 1. The molecule has 0 aromatic heterocycles. The van der Waals surface area contributed by atoms with Gasteiger partial charge in [-0.2, -0.15) is 0 Å². The first-order valence-electron chi connectivity index (χ1n) is 8.05. The number of carbonyl (C=O) groups excluding carboxylic acids is 1. The van der Waals surface area contributed by atoms with Crippen molar-refractivity contribution >= 4 is 17.6 Å². The Bertz CT molecular complexity index is 617. The van der Waals surface area contributed by atoms with E-state index < -0.39 is 0 Å². The smallest absolute Gasteiger partial charge is 0.317 e. The van der Waals surface area contributed by atoms with Gasteiger partial charge < -0.3 is 19.7 Å². The van der Waals surface area contributed by atoms with Crippen molar-refractivity contribution in [3.05, 3.63) is 22.7 Å². The van der Waals surface area contributed by atoms with Gasteiger partial charge in [0, 0.05) is 38.8 Å². The van der Waals surface area contributed by atoms with Crippen molar-refractivity contribution in [1.82, 2.24) is 15.1 Å². The maximum Gasteiger partial charge on any atom is 0.317 e. The number of carbonyl (C=O) groups is 1. The second-order valence-corrected chi connectivity index (χ2v) is 6.65. The van der Waals surface area contributed by atoms with Gasteiger partial charge in [0.25, 0.3) is 0 Å². The molecule has 0 aliphatic carbocycles. The predicted octanol–water partition coefficient (Wildman–Crippen LogP) is 2.06. The Hall–Kier alpha value is -1.66. The molecule has 124 valence electrons. The second kappa shape index (κ2) is 6.09. The summed E-state index contributed by atoms with van der Waals surface area (Å²) in [6, 6.07) is 4.42. The summed E-state index contributed by atoms with van der Waals surface area (Å²) >= 11 is 6.24. The molecule has 0 unspecified atom stereocenters. The van der Waals surface area contributed by atoms with Gasteiger partial charge in [-0.05, 0) is 30.5 Å². The fraction of sp³-hybridized carbons (Fsp3) is 0.562. The Balaban J connectivity index is 1.36. The zero-order valence-corrected chi connectivity index (χ0v) is 13.6. The fourth-order valence-electron chi connectivity index (χ4n) is 3.59. The maximum absolute atomic E-state index is 11.8. The molecule has 1 aromatic carbocycles. The first-order valence-corrected chi connectivity index (χ1v) is 8.43. The van der Waals surface area contributed by atoms with E-state index in [0.29, 0.717) is 16.8 Å². The summed E-state index contributed by atoms with van der Waals surface area (Å²) in [5, 5.41) is 3.49. The second-order valence-electron chi connectivity index (χ2n) is 6.24. The first-order chi connectivity index (χ1) is 11.2.